The van der Waals surface area contributed by atoms with Crippen LogP contribution in [0.3, 0.4) is 0 Å². The number of hydrogen-bond acceptors (Lipinski definition) is 3. The minimum atomic E-state index is -1.14. The Labute approximate surface area is 106 Å². The standard InChI is InChI=1S/C4H6O4.2Na.2H/c1-3(5)8-2-4(6)7;;;;/h2H2,1H3,(H,6,7);;;;/q;2*+1;2*-1. The Morgan fingerprint density at radius 3 is 2.00 bits per heavy atom. The molecule has 0 aliphatic rings. The molecule has 0 saturated heterocycles. The number of carbonyl (C=O) groups excluding carboxylic acids is 1. The summed E-state index contributed by atoms with van der Waals surface area (Å²) in [6.45, 7) is 0.609. The van der Waals surface area contributed by atoms with Gasteiger partial charge in [0.2, 0.25) is 0 Å². The molecule has 0 heterocycles. The molecule has 0 aromatic rings. The molecule has 0 rings (SSSR count). The van der Waals surface area contributed by atoms with Gasteiger partial charge < -0.3 is 12.7 Å². The van der Waals surface area contributed by atoms with Crippen LogP contribution in [0.5, 0.6) is 0 Å². The first kappa shape index (κ1) is 17.1. The van der Waals surface area contributed by atoms with Crippen molar-refractivity contribution < 1.29 is 81.4 Å². The zero-order chi connectivity index (χ0) is 6.57. The van der Waals surface area contributed by atoms with Crippen LogP contribution in [0.25, 0.3) is 0 Å². The van der Waals surface area contributed by atoms with Crippen molar-refractivity contribution in [1.29, 1.82) is 0 Å². The molecule has 0 aromatic carbocycles. The minimum Gasteiger partial charge on any atom is -1.00 e. The number of carbonyl (C=O) groups is 2. The second kappa shape index (κ2) is 9.94. The van der Waals surface area contributed by atoms with Gasteiger partial charge in [-0.05, 0) is 0 Å². The van der Waals surface area contributed by atoms with Gasteiger partial charge in [-0.3, -0.25) is 4.79 Å². The fourth-order valence-corrected chi connectivity index (χ4v) is 0.163. The first-order chi connectivity index (χ1) is 3.63. The molecule has 0 atom stereocenters. The van der Waals surface area contributed by atoms with Crippen molar-refractivity contribution in [3.63, 3.8) is 0 Å². The maximum Gasteiger partial charge on any atom is 1.00 e. The van der Waals surface area contributed by atoms with Gasteiger partial charge in [-0.15, -0.1) is 0 Å². The maximum atomic E-state index is 9.86. The normalized spacial score (nSPS) is 6.50. The van der Waals surface area contributed by atoms with E-state index in [9.17, 15) is 9.59 Å². The summed E-state index contributed by atoms with van der Waals surface area (Å²) in [6.07, 6.45) is 0. The van der Waals surface area contributed by atoms with E-state index in [1.54, 1.807) is 0 Å². The summed E-state index contributed by atoms with van der Waals surface area (Å²) in [5.41, 5.74) is 0. The third-order valence-electron chi connectivity index (χ3n) is 0.399. The maximum absolute atomic E-state index is 9.86. The van der Waals surface area contributed by atoms with Crippen molar-refractivity contribution in [3.8, 4) is 0 Å². The molecule has 0 radical (unpaired) electrons. The van der Waals surface area contributed by atoms with Crippen LogP contribution in [-0.4, -0.2) is 23.7 Å². The number of rotatable bonds is 2. The van der Waals surface area contributed by atoms with Gasteiger partial charge in [0.15, 0.2) is 6.61 Å². The van der Waals surface area contributed by atoms with Crippen molar-refractivity contribution in [1.82, 2.24) is 0 Å². The summed E-state index contributed by atoms with van der Waals surface area (Å²) in [5.74, 6) is -1.72. The third-order valence-corrected chi connectivity index (χ3v) is 0.399. The summed E-state index contributed by atoms with van der Waals surface area (Å²) in [6, 6.07) is 0. The van der Waals surface area contributed by atoms with Crippen molar-refractivity contribution in [2.45, 2.75) is 6.92 Å². The first-order valence-electron chi connectivity index (χ1n) is 1.98. The molecule has 0 aliphatic heterocycles. The Hall–Kier alpha value is 0.940. The van der Waals surface area contributed by atoms with Crippen LogP contribution in [0.1, 0.15) is 9.78 Å². The predicted octanol–water partition coefficient (Wildman–Crippen LogP) is -6.13. The van der Waals surface area contributed by atoms with E-state index in [-0.39, 0.29) is 62.0 Å². The summed E-state index contributed by atoms with van der Waals surface area (Å²) < 4.78 is 4.06. The Balaban J connectivity index is -0.0000000408. The molecule has 0 saturated carbocycles. The largest absolute Gasteiger partial charge is 1.00 e. The number of hydrogen-bond donors (Lipinski definition) is 1. The van der Waals surface area contributed by atoms with E-state index in [0.717, 1.165) is 6.92 Å². The summed E-state index contributed by atoms with van der Waals surface area (Å²) in [7, 11) is 0. The van der Waals surface area contributed by atoms with Crippen molar-refractivity contribution in [2.24, 2.45) is 0 Å². The van der Waals surface area contributed by atoms with Crippen LogP contribution in [0.2, 0.25) is 0 Å². The molecule has 4 nitrogen and oxygen atoms in total. The number of esters is 1. The molecule has 0 aliphatic carbocycles. The summed E-state index contributed by atoms with van der Waals surface area (Å²) in [4.78, 5) is 19.5. The molecular formula is C4H8Na2O4. The molecular weight excluding hydrogens is 158 g/mol. The smallest absolute Gasteiger partial charge is 1.00 e. The van der Waals surface area contributed by atoms with E-state index in [1.807, 2.05) is 0 Å². The van der Waals surface area contributed by atoms with E-state index in [1.165, 1.54) is 0 Å². The third kappa shape index (κ3) is 16.0. The molecule has 0 unspecified atom stereocenters. The molecule has 6 heteroatoms. The summed E-state index contributed by atoms with van der Waals surface area (Å²) in [5, 5.41) is 7.89. The molecule has 0 fully saturated rings. The first-order valence-corrected chi connectivity index (χ1v) is 1.98. The minimum absolute atomic E-state index is 0. The van der Waals surface area contributed by atoms with Crippen LogP contribution in [0.15, 0.2) is 0 Å². The van der Waals surface area contributed by atoms with Crippen molar-refractivity contribution in [2.75, 3.05) is 6.61 Å². The molecule has 1 N–H and O–H groups in total. The van der Waals surface area contributed by atoms with Crippen LogP contribution in [0.4, 0.5) is 0 Å². The fourth-order valence-electron chi connectivity index (χ4n) is 0.163. The van der Waals surface area contributed by atoms with Crippen molar-refractivity contribution >= 4 is 11.9 Å². The molecule has 0 spiro atoms. The van der Waals surface area contributed by atoms with E-state index in [0.29, 0.717) is 0 Å². The van der Waals surface area contributed by atoms with Crippen LogP contribution in [0, 0.1) is 0 Å². The average molecular weight is 166 g/mol. The Kier molecular flexibility index (Phi) is 17.0. The molecule has 50 valence electrons. The van der Waals surface area contributed by atoms with Gasteiger partial charge in [-0.2, -0.15) is 0 Å². The van der Waals surface area contributed by atoms with Crippen LogP contribution >= 0.6 is 0 Å². The van der Waals surface area contributed by atoms with Gasteiger partial charge in [-0.25, -0.2) is 4.79 Å². The van der Waals surface area contributed by atoms with E-state index in [4.69, 9.17) is 5.11 Å². The fraction of sp³-hybridized carbons (Fsp3) is 0.500. The number of ether oxygens (including phenoxy) is 1. The SMILES string of the molecule is CC(=O)OCC(=O)O.[H-].[H-].[Na+].[Na+]. The zero-order valence-corrected chi connectivity index (χ0v) is 10.4. The van der Waals surface area contributed by atoms with Crippen LogP contribution < -0.4 is 59.1 Å². The van der Waals surface area contributed by atoms with Crippen molar-refractivity contribution in [3.05, 3.63) is 0 Å². The second-order valence-electron chi connectivity index (χ2n) is 1.17. The van der Waals surface area contributed by atoms with Crippen LogP contribution in [-0.2, 0) is 14.3 Å². The monoisotopic (exact) mass is 166 g/mol. The summed E-state index contributed by atoms with van der Waals surface area (Å²) >= 11 is 0. The number of aliphatic carboxylic acids is 1. The van der Waals surface area contributed by atoms with E-state index < -0.39 is 18.5 Å². The zero-order valence-electron chi connectivity index (χ0n) is 8.38. The van der Waals surface area contributed by atoms with E-state index in [2.05, 4.69) is 4.74 Å². The van der Waals surface area contributed by atoms with Gasteiger partial charge >= 0.3 is 71.1 Å². The number of carboxylic acid groups (broad SMARTS) is 1. The Morgan fingerprint density at radius 1 is 1.50 bits per heavy atom. The van der Waals surface area contributed by atoms with E-state index >= 15 is 0 Å². The van der Waals surface area contributed by atoms with Gasteiger partial charge in [0.05, 0.1) is 0 Å². The second-order valence-corrected chi connectivity index (χ2v) is 1.17. The van der Waals surface area contributed by atoms with Gasteiger partial charge in [-0.1, -0.05) is 0 Å². The quantitative estimate of drug-likeness (QED) is 0.327. The molecule has 0 aromatic heterocycles. The predicted molar refractivity (Wildman–Crippen MR) is 26.5 cm³/mol. The van der Waals surface area contributed by atoms with Gasteiger partial charge in [0.1, 0.15) is 0 Å². The average Bonchev–Trinajstić information content (AvgIpc) is 1.61. The number of carboxylic acids is 1. The molecule has 10 heavy (non-hydrogen) atoms. The van der Waals surface area contributed by atoms with Gasteiger partial charge in [0, 0.05) is 6.92 Å². The molecule has 0 amide bonds. The Bertz CT molecular complexity index is 108. The molecule has 0 bridgehead atoms. The van der Waals surface area contributed by atoms with Gasteiger partial charge in [0.25, 0.3) is 0 Å². The topological polar surface area (TPSA) is 63.6 Å². The Morgan fingerprint density at radius 2 is 1.90 bits per heavy atom.